The minimum Gasteiger partial charge on any atom is -0.494 e. The first-order valence-electron chi connectivity index (χ1n) is 13.3. The van der Waals surface area contributed by atoms with Gasteiger partial charge in [-0.3, -0.25) is 0 Å². The van der Waals surface area contributed by atoms with Crippen LogP contribution >= 0.6 is 0 Å². The van der Waals surface area contributed by atoms with Crippen molar-refractivity contribution in [1.29, 1.82) is 0 Å². The van der Waals surface area contributed by atoms with Crippen LogP contribution in [0.4, 0.5) is 15.8 Å². The summed E-state index contributed by atoms with van der Waals surface area (Å²) < 4.78 is 37.3. The van der Waals surface area contributed by atoms with Gasteiger partial charge in [-0.05, 0) is 68.5 Å². The molecule has 2 aliphatic rings. The Hall–Kier alpha value is -2.51. The van der Waals surface area contributed by atoms with E-state index in [1.54, 1.807) is 13.2 Å². The number of hydrogen-bond donors (Lipinski definition) is 0. The topological polar surface area (TPSA) is 43.4 Å². The number of anilines is 2. The van der Waals surface area contributed by atoms with Crippen LogP contribution in [-0.2, 0) is 9.47 Å². The molecular formula is C29H41FN2O4. The Balaban J connectivity index is 1.21. The van der Waals surface area contributed by atoms with Crippen molar-refractivity contribution in [3.05, 3.63) is 48.3 Å². The Morgan fingerprint density at radius 3 is 2.39 bits per heavy atom. The summed E-state index contributed by atoms with van der Waals surface area (Å²) in [5, 5.41) is 0. The highest BCUT2D eigenvalue weighted by molar-refractivity contribution is 5.52. The molecule has 36 heavy (non-hydrogen) atoms. The standard InChI is InChI=1S/C29H41FN2O4/c1-4-34-26-10-11-27(30)28(18-26)31-14-12-23(13-15-31)21-36-25-8-6-24(7-9-25)32-19-22(2)29(20-32)35-17-5-16-33-3/h6-11,18,22-23,29H,4-5,12-17,19-21H2,1-3H3/t22-,29-/m0/s1. The second-order valence-corrected chi connectivity index (χ2v) is 9.92. The Morgan fingerprint density at radius 2 is 1.67 bits per heavy atom. The van der Waals surface area contributed by atoms with Crippen LogP contribution in [0.1, 0.15) is 33.1 Å². The number of halogens is 1. The predicted octanol–water partition coefficient (Wildman–Crippen LogP) is 5.40. The van der Waals surface area contributed by atoms with Crippen molar-refractivity contribution in [3.8, 4) is 11.5 Å². The molecule has 2 fully saturated rings. The lowest BCUT2D eigenvalue weighted by molar-refractivity contribution is 0.0310. The van der Waals surface area contributed by atoms with E-state index in [1.165, 1.54) is 11.8 Å². The van der Waals surface area contributed by atoms with E-state index >= 15 is 0 Å². The maximum Gasteiger partial charge on any atom is 0.146 e. The van der Waals surface area contributed by atoms with Crippen LogP contribution < -0.4 is 19.3 Å². The number of benzene rings is 2. The summed E-state index contributed by atoms with van der Waals surface area (Å²) in [5.74, 6) is 2.40. The smallest absolute Gasteiger partial charge is 0.146 e. The van der Waals surface area contributed by atoms with Gasteiger partial charge in [0.1, 0.15) is 17.3 Å². The predicted molar refractivity (Wildman–Crippen MR) is 142 cm³/mol. The van der Waals surface area contributed by atoms with E-state index in [9.17, 15) is 4.39 Å². The van der Waals surface area contributed by atoms with E-state index in [4.69, 9.17) is 18.9 Å². The minimum atomic E-state index is -0.190. The maximum absolute atomic E-state index is 14.4. The van der Waals surface area contributed by atoms with E-state index in [0.29, 0.717) is 30.7 Å². The van der Waals surface area contributed by atoms with Gasteiger partial charge in [-0.15, -0.1) is 0 Å². The Morgan fingerprint density at radius 1 is 0.917 bits per heavy atom. The second kappa shape index (κ2) is 13.2. The lowest BCUT2D eigenvalue weighted by Crippen LogP contribution is -2.36. The zero-order chi connectivity index (χ0) is 25.3. The SMILES string of the molecule is CCOc1ccc(F)c(N2CCC(COc3ccc(N4C[C@H](OCCCOC)[C@@H](C)C4)cc3)CC2)c1. The normalized spacial score (nSPS) is 20.7. The fourth-order valence-electron chi connectivity index (χ4n) is 5.10. The summed E-state index contributed by atoms with van der Waals surface area (Å²) in [6.07, 6.45) is 3.16. The summed E-state index contributed by atoms with van der Waals surface area (Å²) in [7, 11) is 1.73. The molecule has 0 bridgehead atoms. The minimum absolute atomic E-state index is 0.190. The monoisotopic (exact) mass is 500 g/mol. The fraction of sp³-hybridized carbons (Fsp3) is 0.586. The molecule has 198 valence electrons. The molecule has 0 aliphatic carbocycles. The van der Waals surface area contributed by atoms with Gasteiger partial charge in [0.15, 0.2) is 0 Å². The highest BCUT2D eigenvalue weighted by Crippen LogP contribution is 2.30. The van der Waals surface area contributed by atoms with Crippen LogP contribution in [-0.4, -0.2) is 65.8 Å². The zero-order valence-electron chi connectivity index (χ0n) is 22.0. The third kappa shape index (κ3) is 7.04. The first-order chi connectivity index (χ1) is 17.6. The van der Waals surface area contributed by atoms with Gasteiger partial charge in [0, 0.05) is 64.2 Å². The molecular weight excluding hydrogens is 459 g/mol. The Labute approximate surface area is 215 Å². The number of ether oxygens (including phenoxy) is 4. The maximum atomic E-state index is 14.4. The number of nitrogens with zero attached hydrogens (tertiary/aromatic N) is 2. The molecule has 2 aromatic carbocycles. The van der Waals surface area contributed by atoms with E-state index in [-0.39, 0.29) is 11.9 Å². The molecule has 0 radical (unpaired) electrons. The highest BCUT2D eigenvalue weighted by Gasteiger charge is 2.30. The van der Waals surface area contributed by atoms with Crippen LogP contribution in [0, 0.1) is 17.7 Å². The summed E-state index contributed by atoms with van der Waals surface area (Å²) in [6, 6.07) is 13.4. The Kier molecular flexibility index (Phi) is 9.70. The third-order valence-electron chi connectivity index (χ3n) is 7.24. The van der Waals surface area contributed by atoms with Gasteiger partial charge in [-0.2, -0.15) is 0 Å². The lowest BCUT2D eigenvalue weighted by atomic mass is 9.97. The van der Waals surface area contributed by atoms with Gasteiger partial charge in [0.25, 0.3) is 0 Å². The number of hydrogen-bond acceptors (Lipinski definition) is 6. The van der Waals surface area contributed by atoms with Gasteiger partial charge in [0.05, 0.1) is 25.0 Å². The molecule has 4 rings (SSSR count). The van der Waals surface area contributed by atoms with Crippen molar-refractivity contribution in [2.45, 2.75) is 39.2 Å². The van der Waals surface area contributed by atoms with Crippen molar-refractivity contribution < 1.29 is 23.3 Å². The Bertz CT molecular complexity index is 933. The van der Waals surface area contributed by atoms with E-state index in [2.05, 4.69) is 41.0 Å². The summed E-state index contributed by atoms with van der Waals surface area (Å²) in [6.45, 7) is 10.5. The number of piperidine rings is 1. The molecule has 2 saturated heterocycles. The molecule has 0 amide bonds. The van der Waals surface area contributed by atoms with Crippen LogP contribution in [0.25, 0.3) is 0 Å². The van der Waals surface area contributed by atoms with Gasteiger partial charge in [0.2, 0.25) is 0 Å². The molecule has 0 spiro atoms. The number of methoxy groups -OCH3 is 1. The van der Waals surface area contributed by atoms with Crippen molar-refractivity contribution in [3.63, 3.8) is 0 Å². The van der Waals surface area contributed by atoms with Crippen LogP contribution in [0.3, 0.4) is 0 Å². The molecule has 0 saturated carbocycles. The molecule has 2 heterocycles. The average molecular weight is 501 g/mol. The molecule has 2 aromatic rings. The first-order valence-corrected chi connectivity index (χ1v) is 13.3. The van der Waals surface area contributed by atoms with Crippen LogP contribution in [0.5, 0.6) is 11.5 Å². The fourth-order valence-corrected chi connectivity index (χ4v) is 5.10. The van der Waals surface area contributed by atoms with Crippen LogP contribution in [0.15, 0.2) is 42.5 Å². The van der Waals surface area contributed by atoms with Crippen molar-refractivity contribution in [2.24, 2.45) is 11.8 Å². The zero-order valence-corrected chi connectivity index (χ0v) is 22.0. The summed E-state index contributed by atoms with van der Waals surface area (Å²) >= 11 is 0. The quantitative estimate of drug-likeness (QED) is 0.364. The van der Waals surface area contributed by atoms with E-state index in [1.807, 2.05) is 13.0 Å². The van der Waals surface area contributed by atoms with Crippen molar-refractivity contribution >= 4 is 11.4 Å². The molecule has 6 nitrogen and oxygen atoms in total. The third-order valence-corrected chi connectivity index (χ3v) is 7.24. The molecule has 7 heteroatoms. The van der Waals surface area contributed by atoms with Gasteiger partial charge in [-0.25, -0.2) is 4.39 Å². The van der Waals surface area contributed by atoms with Gasteiger partial charge < -0.3 is 28.7 Å². The van der Waals surface area contributed by atoms with Crippen LogP contribution in [0.2, 0.25) is 0 Å². The van der Waals surface area contributed by atoms with Gasteiger partial charge in [-0.1, -0.05) is 6.92 Å². The highest BCUT2D eigenvalue weighted by atomic mass is 19.1. The van der Waals surface area contributed by atoms with Crippen molar-refractivity contribution in [2.75, 3.05) is 69.5 Å². The molecule has 0 N–H and O–H groups in total. The average Bonchev–Trinajstić information content (AvgIpc) is 3.27. The largest absolute Gasteiger partial charge is 0.494 e. The molecule has 0 aromatic heterocycles. The van der Waals surface area contributed by atoms with E-state index in [0.717, 1.165) is 70.2 Å². The second-order valence-electron chi connectivity index (χ2n) is 9.92. The molecule has 2 atom stereocenters. The molecule has 2 aliphatic heterocycles. The number of rotatable bonds is 12. The van der Waals surface area contributed by atoms with E-state index < -0.39 is 0 Å². The summed E-state index contributed by atoms with van der Waals surface area (Å²) in [5.41, 5.74) is 1.84. The lowest BCUT2D eigenvalue weighted by Gasteiger charge is -2.33. The summed E-state index contributed by atoms with van der Waals surface area (Å²) in [4.78, 5) is 4.51. The van der Waals surface area contributed by atoms with Crippen molar-refractivity contribution in [1.82, 2.24) is 0 Å². The molecule has 0 unspecified atom stereocenters. The van der Waals surface area contributed by atoms with Gasteiger partial charge >= 0.3 is 0 Å². The first kappa shape index (κ1) is 26.6.